The summed E-state index contributed by atoms with van der Waals surface area (Å²) in [7, 11) is 0. The van der Waals surface area contributed by atoms with Gasteiger partial charge in [-0.3, -0.25) is 0 Å². The van der Waals surface area contributed by atoms with Crippen LogP contribution < -0.4 is 11.1 Å². The van der Waals surface area contributed by atoms with E-state index in [2.05, 4.69) is 15.3 Å². The molecular formula is C8H13ClN4O. The standard InChI is InChI=1S/C8H13ClN4O/c1-5(2-3-14)13-8-6(9)7(10)11-4-12-8/h4-5,14H,2-3H2,1H3,(H3,10,11,12,13). The van der Waals surface area contributed by atoms with E-state index in [0.717, 1.165) is 0 Å². The molecule has 1 aromatic rings. The van der Waals surface area contributed by atoms with Crippen LogP contribution >= 0.6 is 11.6 Å². The molecule has 0 fully saturated rings. The zero-order chi connectivity index (χ0) is 10.6. The Kier molecular flexibility index (Phi) is 3.91. The lowest BCUT2D eigenvalue weighted by molar-refractivity contribution is 0.282. The summed E-state index contributed by atoms with van der Waals surface area (Å²) in [5.41, 5.74) is 5.50. The van der Waals surface area contributed by atoms with E-state index in [4.69, 9.17) is 22.4 Å². The van der Waals surface area contributed by atoms with Crippen LogP contribution in [-0.4, -0.2) is 27.7 Å². The zero-order valence-electron chi connectivity index (χ0n) is 7.87. The van der Waals surface area contributed by atoms with Crippen LogP contribution in [0.5, 0.6) is 0 Å². The van der Waals surface area contributed by atoms with E-state index in [0.29, 0.717) is 17.3 Å². The summed E-state index contributed by atoms with van der Waals surface area (Å²) in [6.45, 7) is 2.04. The van der Waals surface area contributed by atoms with Gasteiger partial charge in [0.05, 0.1) is 0 Å². The number of nitrogens with two attached hydrogens (primary N) is 1. The van der Waals surface area contributed by atoms with Crippen molar-refractivity contribution in [1.29, 1.82) is 0 Å². The Labute approximate surface area is 87.3 Å². The third-order valence-electron chi connectivity index (χ3n) is 1.76. The number of halogens is 1. The molecule has 0 aliphatic heterocycles. The topological polar surface area (TPSA) is 84.1 Å². The number of nitrogen functional groups attached to an aromatic ring is 1. The summed E-state index contributed by atoms with van der Waals surface area (Å²) in [5, 5.41) is 12.1. The van der Waals surface area contributed by atoms with Gasteiger partial charge in [0, 0.05) is 12.6 Å². The Bertz CT molecular complexity index is 307. The van der Waals surface area contributed by atoms with Gasteiger partial charge in [0.15, 0.2) is 5.82 Å². The molecule has 1 heterocycles. The summed E-state index contributed by atoms with van der Waals surface area (Å²) >= 11 is 5.86. The fourth-order valence-electron chi connectivity index (χ4n) is 0.983. The van der Waals surface area contributed by atoms with E-state index < -0.39 is 0 Å². The van der Waals surface area contributed by atoms with Gasteiger partial charge in [-0.15, -0.1) is 0 Å². The molecule has 0 radical (unpaired) electrons. The molecule has 1 aromatic heterocycles. The van der Waals surface area contributed by atoms with Crippen molar-refractivity contribution in [3.63, 3.8) is 0 Å². The maximum absolute atomic E-state index is 8.71. The predicted octanol–water partition coefficient (Wildman–Crippen LogP) is 0.895. The van der Waals surface area contributed by atoms with Crippen LogP contribution in [0.2, 0.25) is 5.02 Å². The number of aliphatic hydroxyl groups excluding tert-OH is 1. The summed E-state index contributed by atoms with van der Waals surface area (Å²) in [6.07, 6.45) is 1.97. The molecular weight excluding hydrogens is 204 g/mol. The average molecular weight is 217 g/mol. The van der Waals surface area contributed by atoms with Crippen LogP contribution in [-0.2, 0) is 0 Å². The Hall–Kier alpha value is -1.07. The van der Waals surface area contributed by atoms with Crippen molar-refractivity contribution in [2.45, 2.75) is 19.4 Å². The van der Waals surface area contributed by atoms with Gasteiger partial charge < -0.3 is 16.2 Å². The zero-order valence-corrected chi connectivity index (χ0v) is 8.62. The number of nitrogens with one attached hydrogen (secondary N) is 1. The fraction of sp³-hybridized carbons (Fsp3) is 0.500. The van der Waals surface area contributed by atoms with Crippen molar-refractivity contribution >= 4 is 23.2 Å². The monoisotopic (exact) mass is 216 g/mol. The number of aliphatic hydroxyl groups is 1. The molecule has 5 nitrogen and oxygen atoms in total. The molecule has 4 N–H and O–H groups in total. The summed E-state index contributed by atoms with van der Waals surface area (Å²) in [4.78, 5) is 7.68. The van der Waals surface area contributed by atoms with Crippen LogP contribution in [0.4, 0.5) is 11.6 Å². The molecule has 0 aliphatic carbocycles. The van der Waals surface area contributed by atoms with Gasteiger partial charge in [-0.2, -0.15) is 0 Å². The van der Waals surface area contributed by atoms with Crippen molar-refractivity contribution in [1.82, 2.24) is 9.97 Å². The summed E-state index contributed by atoms with van der Waals surface area (Å²) in [6, 6.07) is 0.0896. The minimum absolute atomic E-state index is 0.0896. The number of rotatable bonds is 4. The molecule has 0 saturated heterocycles. The van der Waals surface area contributed by atoms with Gasteiger partial charge in [0.2, 0.25) is 0 Å². The second-order valence-electron chi connectivity index (χ2n) is 2.98. The summed E-state index contributed by atoms with van der Waals surface area (Å²) < 4.78 is 0. The van der Waals surface area contributed by atoms with Crippen LogP contribution in [0.3, 0.4) is 0 Å². The van der Waals surface area contributed by atoms with Crippen LogP contribution in [0.25, 0.3) is 0 Å². The molecule has 0 saturated carbocycles. The van der Waals surface area contributed by atoms with Gasteiger partial charge in [-0.1, -0.05) is 11.6 Å². The third-order valence-corrected chi connectivity index (χ3v) is 2.13. The highest BCUT2D eigenvalue weighted by Crippen LogP contribution is 2.23. The largest absolute Gasteiger partial charge is 0.396 e. The molecule has 0 aliphatic rings. The van der Waals surface area contributed by atoms with Crippen molar-refractivity contribution in [2.75, 3.05) is 17.7 Å². The molecule has 0 bridgehead atoms. The normalized spacial score (nSPS) is 12.5. The fourth-order valence-corrected chi connectivity index (χ4v) is 1.14. The van der Waals surface area contributed by atoms with Gasteiger partial charge >= 0.3 is 0 Å². The number of hydrogen-bond donors (Lipinski definition) is 3. The molecule has 0 aromatic carbocycles. The molecule has 1 rings (SSSR count). The van der Waals surface area contributed by atoms with E-state index in [-0.39, 0.29) is 18.5 Å². The molecule has 0 spiro atoms. The quantitative estimate of drug-likeness (QED) is 0.696. The van der Waals surface area contributed by atoms with Crippen LogP contribution in [0, 0.1) is 0 Å². The highest BCUT2D eigenvalue weighted by Gasteiger charge is 2.08. The lowest BCUT2D eigenvalue weighted by Crippen LogP contribution is -2.18. The van der Waals surface area contributed by atoms with Gasteiger partial charge in [0.1, 0.15) is 17.2 Å². The van der Waals surface area contributed by atoms with Crippen molar-refractivity contribution in [2.24, 2.45) is 0 Å². The Morgan fingerprint density at radius 1 is 1.64 bits per heavy atom. The van der Waals surface area contributed by atoms with E-state index in [1.807, 2.05) is 6.92 Å². The first-order chi connectivity index (χ1) is 6.65. The van der Waals surface area contributed by atoms with E-state index in [9.17, 15) is 0 Å². The minimum Gasteiger partial charge on any atom is -0.396 e. The molecule has 1 unspecified atom stereocenters. The van der Waals surface area contributed by atoms with E-state index >= 15 is 0 Å². The minimum atomic E-state index is 0.0896. The number of anilines is 2. The molecule has 6 heteroatoms. The van der Waals surface area contributed by atoms with E-state index in [1.54, 1.807) is 0 Å². The first-order valence-electron chi connectivity index (χ1n) is 4.28. The molecule has 14 heavy (non-hydrogen) atoms. The predicted molar refractivity (Wildman–Crippen MR) is 56.2 cm³/mol. The van der Waals surface area contributed by atoms with Crippen LogP contribution in [0.15, 0.2) is 6.33 Å². The van der Waals surface area contributed by atoms with Gasteiger partial charge in [-0.25, -0.2) is 9.97 Å². The second-order valence-corrected chi connectivity index (χ2v) is 3.36. The number of hydrogen-bond acceptors (Lipinski definition) is 5. The van der Waals surface area contributed by atoms with Crippen molar-refractivity contribution < 1.29 is 5.11 Å². The maximum atomic E-state index is 8.71. The number of nitrogens with zero attached hydrogens (tertiary/aromatic N) is 2. The van der Waals surface area contributed by atoms with E-state index in [1.165, 1.54) is 6.33 Å². The maximum Gasteiger partial charge on any atom is 0.150 e. The van der Waals surface area contributed by atoms with Gasteiger partial charge in [0.25, 0.3) is 0 Å². The van der Waals surface area contributed by atoms with Gasteiger partial charge in [-0.05, 0) is 13.3 Å². The Morgan fingerprint density at radius 2 is 2.36 bits per heavy atom. The molecule has 78 valence electrons. The SMILES string of the molecule is CC(CCO)Nc1ncnc(N)c1Cl. The lowest BCUT2D eigenvalue weighted by atomic mass is 10.2. The Morgan fingerprint density at radius 3 is 3.00 bits per heavy atom. The number of aromatic nitrogens is 2. The lowest BCUT2D eigenvalue weighted by Gasteiger charge is -2.14. The second kappa shape index (κ2) is 4.97. The van der Waals surface area contributed by atoms with Crippen molar-refractivity contribution in [3.8, 4) is 0 Å². The molecule has 1 atom stereocenters. The third kappa shape index (κ3) is 2.71. The highest BCUT2D eigenvalue weighted by atomic mass is 35.5. The molecule has 0 amide bonds. The average Bonchev–Trinajstić information content (AvgIpc) is 2.13. The Balaban J connectivity index is 2.71. The first kappa shape index (κ1) is 11.0. The first-order valence-corrected chi connectivity index (χ1v) is 4.66. The highest BCUT2D eigenvalue weighted by molar-refractivity contribution is 6.35. The van der Waals surface area contributed by atoms with Crippen LogP contribution in [0.1, 0.15) is 13.3 Å². The smallest absolute Gasteiger partial charge is 0.150 e. The summed E-state index contributed by atoms with van der Waals surface area (Å²) in [5.74, 6) is 0.750. The van der Waals surface area contributed by atoms with Crippen molar-refractivity contribution in [3.05, 3.63) is 11.3 Å².